The third kappa shape index (κ3) is 4.25. The Bertz CT molecular complexity index is 1220. The number of rotatable bonds is 6. The van der Waals surface area contributed by atoms with Gasteiger partial charge in [-0.25, -0.2) is 4.79 Å². The van der Waals surface area contributed by atoms with Crippen molar-refractivity contribution in [1.29, 1.82) is 0 Å². The van der Waals surface area contributed by atoms with Crippen molar-refractivity contribution in [3.8, 4) is 0 Å². The van der Waals surface area contributed by atoms with E-state index in [1.807, 2.05) is 29.9 Å². The second-order valence-electron chi connectivity index (χ2n) is 7.98. The van der Waals surface area contributed by atoms with Gasteiger partial charge in [0.05, 0.1) is 23.6 Å². The standard InChI is InChI=1S/C22H24N8O2/c1-30-21-16(12-26-30)11-24-13-19(21)27-20-8-18(28-29-20)15-4-5-17(7-15)32-22(31)25-10-14-3-2-6-23-9-14/h2-3,6,8-9,11-13,15,17H,4-5,7,10H2,1H3,(H,25,31)(H2,27,28,29)/t15-,17+/m0/s1. The van der Waals surface area contributed by atoms with Gasteiger partial charge in [0.25, 0.3) is 0 Å². The molecule has 0 spiro atoms. The molecule has 1 aliphatic carbocycles. The number of amides is 1. The molecular formula is C22H24N8O2. The van der Waals surface area contributed by atoms with Gasteiger partial charge >= 0.3 is 6.09 Å². The van der Waals surface area contributed by atoms with Gasteiger partial charge in [-0.3, -0.25) is 19.7 Å². The smallest absolute Gasteiger partial charge is 0.407 e. The minimum atomic E-state index is -0.400. The zero-order valence-electron chi connectivity index (χ0n) is 17.7. The number of fused-ring (bicyclic) bond motifs is 1. The number of ether oxygens (including phenoxy) is 1. The number of hydrogen-bond acceptors (Lipinski definition) is 7. The highest BCUT2D eigenvalue weighted by atomic mass is 16.6. The van der Waals surface area contributed by atoms with Crippen molar-refractivity contribution in [1.82, 2.24) is 35.3 Å². The predicted molar refractivity (Wildman–Crippen MR) is 118 cm³/mol. The van der Waals surface area contributed by atoms with E-state index in [1.165, 1.54) is 0 Å². The molecule has 0 saturated heterocycles. The second kappa shape index (κ2) is 8.66. The Morgan fingerprint density at radius 3 is 3.06 bits per heavy atom. The maximum Gasteiger partial charge on any atom is 0.407 e. The number of carbonyl (C=O) groups excluding carboxylic acids is 1. The van der Waals surface area contributed by atoms with Gasteiger partial charge < -0.3 is 15.4 Å². The third-order valence-corrected chi connectivity index (χ3v) is 5.76. The molecule has 2 atom stereocenters. The lowest BCUT2D eigenvalue weighted by molar-refractivity contribution is 0.0996. The number of aromatic amines is 1. The summed E-state index contributed by atoms with van der Waals surface area (Å²) in [6.07, 6.45) is 10.8. The highest BCUT2D eigenvalue weighted by Gasteiger charge is 2.30. The molecule has 0 radical (unpaired) electrons. The molecule has 1 aliphatic rings. The summed E-state index contributed by atoms with van der Waals surface area (Å²) in [4.78, 5) is 20.4. The second-order valence-corrected chi connectivity index (χ2v) is 7.98. The Labute approximate surface area is 184 Å². The first kappa shape index (κ1) is 20.0. The predicted octanol–water partition coefficient (Wildman–Crippen LogP) is 3.39. The highest BCUT2D eigenvalue weighted by molar-refractivity contribution is 5.90. The van der Waals surface area contributed by atoms with Crippen molar-refractivity contribution in [2.45, 2.75) is 37.8 Å². The molecule has 32 heavy (non-hydrogen) atoms. The van der Waals surface area contributed by atoms with E-state index in [2.05, 4.69) is 35.9 Å². The van der Waals surface area contributed by atoms with Gasteiger partial charge in [-0.05, 0) is 30.9 Å². The fraction of sp³-hybridized carbons (Fsp3) is 0.318. The lowest BCUT2D eigenvalue weighted by Crippen LogP contribution is -2.27. The monoisotopic (exact) mass is 432 g/mol. The van der Waals surface area contributed by atoms with Crippen LogP contribution in [0.4, 0.5) is 16.3 Å². The van der Waals surface area contributed by atoms with Crippen LogP contribution in [0, 0.1) is 0 Å². The van der Waals surface area contributed by atoms with E-state index in [-0.39, 0.29) is 12.0 Å². The van der Waals surface area contributed by atoms with Gasteiger partial charge in [-0.15, -0.1) is 0 Å². The van der Waals surface area contributed by atoms with Crippen molar-refractivity contribution in [3.05, 3.63) is 60.4 Å². The summed E-state index contributed by atoms with van der Waals surface area (Å²) >= 11 is 0. The van der Waals surface area contributed by atoms with E-state index in [4.69, 9.17) is 4.74 Å². The number of pyridine rings is 2. The molecule has 0 bridgehead atoms. The number of hydrogen-bond donors (Lipinski definition) is 3. The van der Waals surface area contributed by atoms with Gasteiger partial charge in [0.15, 0.2) is 5.82 Å². The van der Waals surface area contributed by atoms with Crippen LogP contribution in [-0.4, -0.2) is 42.1 Å². The molecule has 4 aromatic heterocycles. The van der Waals surface area contributed by atoms with E-state index in [0.717, 1.165) is 47.1 Å². The van der Waals surface area contributed by atoms with E-state index >= 15 is 0 Å². The SMILES string of the molecule is Cn1ncc2cncc(Nc3cc([C@H]4CC[C@@H](OC(=O)NCc5cccnc5)C4)[nH]n3)c21. The molecule has 1 fully saturated rings. The van der Waals surface area contributed by atoms with Crippen LogP contribution >= 0.6 is 0 Å². The van der Waals surface area contributed by atoms with Crippen LogP contribution in [0.25, 0.3) is 10.9 Å². The molecule has 5 rings (SSSR count). The molecule has 1 amide bonds. The molecule has 10 heteroatoms. The number of H-pyrrole nitrogens is 1. The number of nitrogens with one attached hydrogen (secondary N) is 3. The van der Waals surface area contributed by atoms with Crippen molar-refractivity contribution >= 4 is 28.5 Å². The molecule has 1 saturated carbocycles. The van der Waals surface area contributed by atoms with Crippen LogP contribution in [0.15, 0.2) is 49.2 Å². The van der Waals surface area contributed by atoms with E-state index < -0.39 is 6.09 Å². The number of anilines is 2. The largest absolute Gasteiger partial charge is 0.446 e. The van der Waals surface area contributed by atoms with Crippen molar-refractivity contribution in [2.75, 3.05) is 5.32 Å². The van der Waals surface area contributed by atoms with Gasteiger partial charge in [0.1, 0.15) is 6.10 Å². The average molecular weight is 432 g/mol. The van der Waals surface area contributed by atoms with Crippen molar-refractivity contribution < 1.29 is 9.53 Å². The molecule has 164 valence electrons. The summed E-state index contributed by atoms with van der Waals surface area (Å²) in [7, 11) is 1.90. The molecule has 10 nitrogen and oxygen atoms in total. The first-order valence-corrected chi connectivity index (χ1v) is 10.6. The fourth-order valence-corrected chi connectivity index (χ4v) is 4.17. The van der Waals surface area contributed by atoms with Crippen LogP contribution in [0.5, 0.6) is 0 Å². The first-order chi connectivity index (χ1) is 15.7. The summed E-state index contributed by atoms with van der Waals surface area (Å²) in [6.45, 7) is 0.399. The van der Waals surface area contributed by atoms with Crippen LogP contribution in [0.2, 0.25) is 0 Å². The number of alkyl carbamates (subject to hydrolysis) is 1. The van der Waals surface area contributed by atoms with Crippen LogP contribution in [-0.2, 0) is 18.3 Å². The fourth-order valence-electron chi connectivity index (χ4n) is 4.17. The van der Waals surface area contributed by atoms with Crippen molar-refractivity contribution in [2.24, 2.45) is 7.05 Å². The molecule has 3 N–H and O–H groups in total. The highest BCUT2D eigenvalue weighted by Crippen LogP contribution is 2.36. The lowest BCUT2D eigenvalue weighted by atomic mass is 10.0. The average Bonchev–Trinajstić information content (AvgIpc) is 3.54. The summed E-state index contributed by atoms with van der Waals surface area (Å²) in [6, 6.07) is 5.75. The molecule has 0 aromatic carbocycles. The summed E-state index contributed by atoms with van der Waals surface area (Å²) in [5.74, 6) is 0.980. The number of carbonyl (C=O) groups is 1. The summed E-state index contributed by atoms with van der Waals surface area (Å²) in [5.41, 5.74) is 3.78. The number of aromatic nitrogens is 6. The molecule has 4 aromatic rings. The first-order valence-electron chi connectivity index (χ1n) is 10.6. The molecule has 4 heterocycles. The third-order valence-electron chi connectivity index (χ3n) is 5.76. The number of aryl methyl sites for hydroxylation is 1. The Morgan fingerprint density at radius 2 is 2.19 bits per heavy atom. The van der Waals surface area contributed by atoms with Crippen LogP contribution in [0.1, 0.15) is 36.4 Å². The van der Waals surface area contributed by atoms with Gasteiger partial charge in [-0.1, -0.05) is 6.07 Å². The van der Waals surface area contributed by atoms with Crippen LogP contribution < -0.4 is 10.6 Å². The van der Waals surface area contributed by atoms with Crippen molar-refractivity contribution in [3.63, 3.8) is 0 Å². The van der Waals surface area contributed by atoms with Gasteiger partial charge in [0.2, 0.25) is 0 Å². The van der Waals surface area contributed by atoms with E-state index in [9.17, 15) is 4.79 Å². The quantitative estimate of drug-likeness (QED) is 0.427. The van der Waals surface area contributed by atoms with E-state index in [1.54, 1.807) is 31.0 Å². The maximum atomic E-state index is 12.1. The number of nitrogens with zero attached hydrogens (tertiary/aromatic N) is 5. The molecule has 0 aliphatic heterocycles. The lowest BCUT2D eigenvalue weighted by Gasteiger charge is -2.13. The zero-order chi connectivity index (χ0) is 21.9. The topological polar surface area (TPSA) is 123 Å². The van der Waals surface area contributed by atoms with Gasteiger partial charge in [-0.2, -0.15) is 10.2 Å². The van der Waals surface area contributed by atoms with Gasteiger partial charge in [0, 0.05) is 55.2 Å². The Morgan fingerprint density at radius 1 is 1.25 bits per heavy atom. The maximum absolute atomic E-state index is 12.1. The minimum absolute atomic E-state index is 0.110. The summed E-state index contributed by atoms with van der Waals surface area (Å²) < 4.78 is 7.41. The van der Waals surface area contributed by atoms with E-state index in [0.29, 0.717) is 12.4 Å². The minimum Gasteiger partial charge on any atom is -0.446 e. The Hall–Kier alpha value is -3.95. The zero-order valence-corrected chi connectivity index (χ0v) is 17.7. The molecular weight excluding hydrogens is 408 g/mol. The Balaban J connectivity index is 1.16. The Kier molecular flexibility index (Phi) is 5.40. The summed E-state index contributed by atoms with van der Waals surface area (Å²) in [5, 5.41) is 18.9. The molecule has 0 unspecified atom stereocenters. The van der Waals surface area contributed by atoms with Crippen LogP contribution in [0.3, 0.4) is 0 Å². The normalized spacial score (nSPS) is 18.0.